The summed E-state index contributed by atoms with van der Waals surface area (Å²) in [4.78, 5) is 0. The predicted octanol–water partition coefficient (Wildman–Crippen LogP) is -8.81. The molecule has 11 nitrogen and oxygen atoms in total. The lowest BCUT2D eigenvalue weighted by molar-refractivity contribution is 0.334. The van der Waals surface area contributed by atoms with Gasteiger partial charge in [0.2, 0.25) is 0 Å². The van der Waals surface area contributed by atoms with Crippen LogP contribution in [0.2, 0.25) is 5.54 Å². The highest BCUT2D eigenvalue weighted by Crippen LogP contribution is 2.14. The van der Waals surface area contributed by atoms with Crippen LogP contribution < -0.4 is 0 Å². The fraction of sp³-hybridized carbons (Fsp3) is 1.00. The molecule has 0 aliphatic carbocycles. The monoisotopic (exact) mass is 562 g/mol. The Hall–Kier alpha value is 1.95. The maximum atomic E-state index is 5.95. The van der Waals surface area contributed by atoms with Crippen LogP contribution >= 0.6 is 0 Å². The van der Waals surface area contributed by atoms with Crippen molar-refractivity contribution in [3.8, 4) is 0 Å². The highest BCUT2D eigenvalue weighted by molar-refractivity contribution is 6.59. The lowest BCUT2D eigenvalue weighted by Gasteiger charge is -2.22. The molecule has 1 heterocycles. The molecular formula is C4H30O11Si11. The van der Waals surface area contributed by atoms with Gasteiger partial charge in [0.25, 0.3) is 100 Å². The van der Waals surface area contributed by atoms with Crippen molar-refractivity contribution in [2.45, 2.75) is 25.8 Å². The van der Waals surface area contributed by atoms with E-state index in [0.717, 1.165) is 6.42 Å². The second-order valence-corrected chi connectivity index (χ2v) is 26.7. The molecule has 0 aromatic heterocycles. The second-order valence-electron chi connectivity index (χ2n) is 5.10. The molecule has 0 bridgehead atoms. The second kappa shape index (κ2) is 20.2. The predicted molar refractivity (Wildman–Crippen MR) is 124 cm³/mol. The van der Waals surface area contributed by atoms with Crippen LogP contribution in [0, 0.1) is 0 Å². The third kappa shape index (κ3) is 15.8. The summed E-state index contributed by atoms with van der Waals surface area (Å²) in [7, 11) is -11.6. The van der Waals surface area contributed by atoms with Crippen molar-refractivity contribution in [2.75, 3.05) is 0 Å². The van der Waals surface area contributed by atoms with E-state index in [0.29, 0.717) is 5.54 Å². The minimum absolute atomic E-state index is 0.440. The molecule has 1 unspecified atom stereocenters. The Bertz CT molecular complexity index is 285. The lowest BCUT2D eigenvalue weighted by Crippen LogP contribution is -2.33. The number of hydrogen-bond acceptors (Lipinski definition) is 11. The fourth-order valence-electron chi connectivity index (χ4n) is 1.58. The maximum absolute atomic E-state index is 5.95. The topological polar surface area (TPSA) is 102 Å². The van der Waals surface area contributed by atoms with Crippen molar-refractivity contribution in [1.82, 2.24) is 0 Å². The van der Waals surface area contributed by atoms with Crippen molar-refractivity contribution >= 4 is 109 Å². The molecule has 0 aromatic rings. The number of rotatable bonds is 2. The normalized spacial score (nSPS) is 35.5. The van der Waals surface area contributed by atoms with E-state index in [9.17, 15) is 0 Å². The van der Waals surface area contributed by atoms with Gasteiger partial charge in [0, 0.05) is 0 Å². The average Bonchev–Trinajstić information content (AvgIpc) is 2.66. The van der Waals surface area contributed by atoms with Crippen LogP contribution in [0.1, 0.15) is 20.3 Å². The first kappa shape index (κ1) is 26.0. The van der Waals surface area contributed by atoms with E-state index in [-0.39, 0.29) is 0 Å². The molecule has 0 spiro atoms. The van der Waals surface area contributed by atoms with Gasteiger partial charge in [-0.15, -0.1) is 0 Å². The van der Waals surface area contributed by atoms with Crippen LogP contribution in [0.25, 0.3) is 0 Å². The number of hydrogen-bond donors (Lipinski definition) is 0. The van der Waals surface area contributed by atoms with E-state index in [1.54, 1.807) is 0 Å². The first-order valence-electron chi connectivity index (χ1n) is 8.27. The Labute approximate surface area is 180 Å². The average molecular weight is 563 g/mol. The van der Waals surface area contributed by atoms with Crippen LogP contribution in [0.5, 0.6) is 0 Å². The molecule has 1 rings (SSSR count). The summed E-state index contributed by atoms with van der Waals surface area (Å²) >= 11 is 0. The van der Waals surface area contributed by atoms with E-state index < -0.39 is 109 Å². The first-order valence-corrected chi connectivity index (χ1v) is 21.4. The van der Waals surface area contributed by atoms with E-state index in [2.05, 4.69) is 13.8 Å². The maximum Gasteiger partial charge on any atom is 0.305 e. The first-order chi connectivity index (χ1) is 12.8. The van der Waals surface area contributed by atoms with Gasteiger partial charge in [0.1, 0.15) is 0 Å². The van der Waals surface area contributed by atoms with E-state index in [4.69, 9.17) is 45.3 Å². The molecule has 0 amide bonds. The lowest BCUT2D eigenvalue weighted by atomic mass is 10.4. The zero-order valence-corrected chi connectivity index (χ0v) is 30.7. The molecule has 1 saturated heterocycles. The van der Waals surface area contributed by atoms with Gasteiger partial charge < -0.3 is 45.3 Å². The van der Waals surface area contributed by atoms with Gasteiger partial charge in [0.15, 0.2) is 0 Å². The quantitative estimate of drug-likeness (QED) is 0.300. The molecular weight excluding hydrogens is 533 g/mol. The van der Waals surface area contributed by atoms with Crippen molar-refractivity contribution in [3.63, 3.8) is 0 Å². The Kier molecular flexibility index (Phi) is 20.2. The largest absolute Gasteiger partial charge is 0.425 e. The fourth-order valence-corrected chi connectivity index (χ4v) is 24.1. The van der Waals surface area contributed by atoms with E-state index >= 15 is 0 Å². The third-order valence-electron chi connectivity index (χ3n) is 3.07. The molecule has 0 radical (unpaired) electrons. The van der Waals surface area contributed by atoms with E-state index in [1.165, 1.54) is 0 Å². The zero-order chi connectivity index (χ0) is 18.7. The summed E-state index contributed by atoms with van der Waals surface area (Å²) in [6.45, 7) is 4.31. The Morgan fingerprint density at radius 1 is 0.538 bits per heavy atom. The van der Waals surface area contributed by atoms with Crippen molar-refractivity contribution < 1.29 is 45.3 Å². The summed E-state index contributed by atoms with van der Waals surface area (Å²) in [6.07, 6.45) is 1.04. The highest BCUT2D eigenvalue weighted by atomic mass is 28.4. The molecule has 0 saturated carbocycles. The minimum atomic E-state index is -1.73. The molecule has 156 valence electrons. The molecule has 0 aromatic carbocycles. The van der Waals surface area contributed by atoms with Crippen LogP contribution in [0.15, 0.2) is 0 Å². The van der Waals surface area contributed by atoms with Crippen molar-refractivity contribution in [2.24, 2.45) is 0 Å². The summed E-state index contributed by atoms with van der Waals surface area (Å²) < 4.78 is 61.4. The summed E-state index contributed by atoms with van der Waals surface area (Å²) in [6, 6.07) is 0. The van der Waals surface area contributed by atoms with Crippen LogP contribution in [0.3, 0.4) is 0 Å². The Morgan fingerprint density at radius 2 is 0.808 bits per heavy atom. The van der Waals surface area contributed by atoms with Gasteiger partial charge in [-0.05, 0) is 5.54 Å². The SMILES string of the molecule is CCC(C)[SiH]1O[SiH2]O[SiH2]O[SiH2]O[SiH2]O[SiH2]O[SiH2]O[SiH2]O[SiH2]O[SiH2]O[SiH2]O1. The molecule has 22 heteroatoms. The third-order valence-corrected chi connectivity index (χ3v) is 20.2. The van der Waals surface area contributed by atoms with Crippen molar-refractivity contribution in [3.05, 3.63) is 0 Å². The summed E-state index contributed by atoms with van der Waals surface area (Å²) in [5.74, 6) is 0. The summed E-state index contributed by atoms with van der Waals surface area (Å²) in [5, 5.41) is 0. The van der Waals surface area contributed by atoms with Crippen molar-refractivity contribution in [1.29, 1.82) is 0 Å². The van der Waals surface area contributed by atoms with Gasteiger partial charge in [-0.2, -0.15) is 0 Å². The summed E-state index contributed by atoms with van der Waals surface area (Å²) in [5.41, 5.74) is 0.440. The molecule has 0 N–H and O–H groups in total. The molecule has 1 atom stereocenters. The van der Waals surface area contributed by atoms with Gasteiger partial charge in [0.05, 0.1) is 0 Å². The minimum Gasteiger partial charge on any atom is -0.425 e. The smallest absolute Gasteiger partial charge is 0.305 e. The Morgan fingerprint density at radius 3 is 1.08 bits per heavy atom. The van der Waals surface area contributed by atoms with Gasteiger partial charge >= 0.3 is 9.28 Å². The van der Waals surface area contributed by atoms with Gasteiger partial charge in [-0.25, -0.2) is 0 Å². The van der Waals surface area contributed by atoms with Crippen LogP contribution in [-0.4, -0.2) is 109 Å². The van der Waals surface area contributed by atoms with Gasteiger partial charge in [-0.3, -0.25) is 0 Å². The molecule has 1 aliphatic rings. The standard InChI is InChI=1S/C4H30O11Si11/c1-3-4(2)26-14-24-12-22-10-20-8-18-6-16-5-17-7-19-9-21-11-23-13-25-15-26/h4,26H,3,16-25H2,1-2H3. The van der Waals surface area contributed by atoms with Crippen LogP contribution in [-0.2, 0) is 45.3 Å². The van der Waals surface area contributed by atoms with Gasteiger partial charge in [-0.1, -0.05) is 20.3 Å². The molecule has 26 heavy (non-hydrogen) atoms. The van der Waals surface area contributed by atoms with E-state index in [1.807, 2.05) is 0 Å². The van der Waals surface area contributed by atoms with Crippen LogP contribution in [0.4, 0.5) is 0 Å². The molecule has 1 fully saturated rings. The highest BCUT2D eigenvalue weighted by Gasteiger charge is 2.20. The zero-order valence-electron chi connectivity index (χ0n) is 15.4. The Balaban J connectivity index is 2.24. The molecule has 1 aliphatic heterocycles.